The van der Waals surface area contributed by atoms with Crippen LogP contribution >= 0.6 is 0 Å². The van der Waals surface area contributed by atoms with Crippen LogP contribution in [0.15, 0.2) is 18.2 Å². The maximum Gasteiger partial charge on any atom is 0.0681 e. The Morgan fingerprint density at radius 1 is 1.17 bits per heavy atom. The summed E-state index contributed by atoms with van der Waals surface area (Å²) < 4.78 is 0. The van der Waals surface area contributed by atoms with Crippen molar-refractivity contribution < 1.29 is 5.11 Å². The van der Waals surface area contributed by atoms with Gasteiger partial charge in [0.15, 0.2) is 0 Å². The van der Waals surface area contributed by atoms with E-state index >= 15 is 0 Å². The summed E-state index contributed by atoms with van der Waals surface area (Å²) in [6, 6.07) is 6.98. The zero-order valence-electron chi connectivity index (χ0n) is 11.7. The first-order chi connectivity index (χ1) is 8.72. The fourth-order valence-corrected chi connectivity index (χ4v) is 3.05. The van der Waals surface area contributed by atoms with E-state index in [2.05, 4.69) is 31.0 Å². The van der Waals surface area contributed by atoms with Crippen molar-refractivity contribution in [3.05, 3.63) is 29.3 Å². The van der Waals surface area contributed by atoms with Crippen molar-refractivity contribution >= 4 is 5.69 Å². The Balaban J connectivity index is 2.14. The van der Waals surface area contributed by atoms with Crippen molar-refractivity contribution in [3.8, 4) is 0 Å². The van der Waals surface area contributed by atoms with Gasteiger partial charge in [-0.3, -0.25) is 0 Å². The van der Waals surface area contributed by atoms with Gasteiger partial charge in [-0.25, -0.2) is 0 Å². The second kappa shape index (κ2) is 6.24. The highest BCUT2D eigenvalue weighted by Gasteiger charge is 2.18. The van der Waals surface area contributed by atoms with Crippen LogP contribution in [-0.2, 0) is 6.61 Å². The average molecular weight is 247 g/mol. The lowest BCUT2D eigenvalue weighted by atomic mass is 10.0. The zero-order valence-corrected chi connectivity index (χ0v) is 11.7. The van der Waals surface area contributed by atoms with Crippen LogP contribution in [-0.4, -0.2) is 18.2 Å². The third kappa shape index (κ3) is 3.05. The van der Waals surface area contributed by atoms with Gasteiger partial charge >= 0.3 is 0 Å². The average Bonchev–Trinajstić information content (AvgIpc) is 2.66. The molecule has 1 aliphatic carbocycles. The van der Waals surface area contributed by atoms with Crippen LogP contribution in [0.2, 0.25) is 0 Å². The quantitative estimate of drug-likeness (QED) is 0.824. The Bertz CT molecular complexity index is 381. The summed E-state index contributed by atoms with van der Waals surface area (Å²) in [4.78, 5) is 2.45. The number of hydrogen-bond donors (Lipinski definition) is 1. The fourth-order valence-electron chi connectivity index (χ4n) is 3.05. The monoisotopic (exact) mass is 247 g/mol. The molecule has 0 bridgehead atoms. The van der Waals surface area contributed by atoms with Gasteiger partial charge in [0, 0.05) is 18.8 Å². The molecule has 1 saturated carbocycles. The predicted octanol–water partition coefficient (Wildman–Crippen LogP) is 3.65. The highest BCUT2D eigenvalue weighted by Crippen LogP contribution is 2.28. The lowest BCUT2D eigenvalue weighted by Gasteiger charge is -2.30. The molecular formula is C16H25NO. The number of rotatable bonds is 3. The van der Waals surface area contributed by atoms with Crippen LogP contribution in [0.5, 0.6) is 0 Å². The molecule has 1 aromatic carbocycles. The molecule has 18 heavy (non-hydrogen) atoms. The first-order valence-corrected chi connectivity index (χ1v) is 7.15. The van der Waals surface area contributed by atoms with Crippen molar-refractivity contribution in [2.75, 3.05) is 11.9 Å². The van der Waals surface area contributed by atoms with Gasteiger partial charge in [-0.1, -0.05) is 37.8 Å². The lowest BCUT2D eigenvalue weighted by Crippen LogP contribution is -2.31. The Morgan fingerprint density at radius 3 is 2.39 bits per heavy atom. The van der Waals surface area contributed by atoms with Crippen molar-refractivity contribution in [1.29, 1.82) is 0 Å². The van der Waals surface area contributed by atoms with E-state index in [0.29, 0.717) is 6.04 Å². The molecule has 2 heteroatoms. The van der Waals surface area contributed by atoms with E-state index in [1.54, 1.807) is 0 Å². The minimum Gasteiger partial charge on any atom is -0.392 e. The molecule has 0 aromatic heterocycles. The lowest BCUT2D eigenvalue weighted by molar-refractivity contribution is 0.282. The van der Waals surface area contributed by atoms with Crippen LogP contribution in [0.1, 0.15) is 49.7 Å². The molecule has 0 amide bonds. The molecule has 1 aliphatic rings. The highest BCUT2D eigenvalue weighted by atomic mass is 16.3. The summed E-state index contributed by atoms with van der Waals surface area (Å²) in [7, 11) is 2.22. The number of aryl methyl sites for hydroxylation is 1. The van der Waals surface area contributed by atoms with Crippen LogP contribution in [0.4, 0.5) is 5.69 Å². The van der Waals surface area contributed by atoms with E-state index in [1.807, 2.05) is 6.07 Å². The van der Waals surface area contributed by atoms with Crippen LogP contribution in [0, 0.1) is 6.92 Å². The Kier molecular flexibility index (Phi) is 4.65. The van der Waals surface area contributed by atoms with E-state index < -0.39 is 0 Å². The molecule has 0 unspecified atom stereocenters. The van der Waals surface area contributed by atoms with Gasteiger partial charge in [0.1, 0.15) is 0 Å². The highest BCUT2D eigenvalue weighted by molar-refractivity contribution is 5.54. The molecule has 1 aromatic rings. The Hall–Kier alpha value is -1.02. The summed E-state index contributed by atoms with van der Waals surface area (Å²) in [6.45, 7) is 2.27. The summed E-state index contributed by atoms with van der Waals surface area (Å²) >= 11 is 0. The van der Waals surface area contributed by atoms with Gasteiger partial charge in [0.2, 0.25) is 0 Å². The van der Waals surface area contributed by atoms with Crippen molar-refractivity contribution in [3.63, 3.8) is 0 Å². The van der Waals surface area contributed by atoms with Gasteiger partial charge in [-0.2, -0.15) is 0 Å². The Morgan fingerprint density at radius 2 is 1.83 bits per heavy atom. The normalized spacial score (nSPS) is 17.5. The van der Waals surface area contributed by atoms with Gasteiger partial charge in [-0.15, -0.1) is 0 Å². The summed E-state index contributed by atoms with van der Waals surface area (Å²) in [6.07, 6.45) is 8.15. The van der Waals surface area contributed by atoms with E-state index in [4.69, 9.17) is 5.11 Å². The molecule has 0 aliphatic heterocycles. The molecule has 0 radical (unpaired) electrons. The molecular weight excluding hydrogens is 222 g/mol. The first kappa shape index (κ1) is 13.4. The van der Waals surface area contributed by atoms with Gasteiger partial charge < -0.3 is 10.0 Å². The number of anilines is 1. The molecule has 0 saturated heterocycles. The van der Waals surface area contributed by atoms with Crippen molar-refractivity contribution in [2.24, 2.45) is 0 Å². The van der Waals surface area contributed by atoms with E-state index in [9.17, 15) is 0 Å². The minimum absolute atomic E-state index is 0.133. The first-order valence-electron chi connectivity index (χ1n) is 7.15. The standard InChI is InChI=1S/C16H25NO/c1-13-11-14(12-18)9-10-16(13)17(2)15-7-5-3-4-6-8-15/h9-11,15,18H,3-8,12H2,1-2H3. The number of benzene rings is 1. The Labute approximate surface area is 111 Å². The smallest absolute Gasteiger partial charge is 0.0681 e. The zero-order chi connectivity index (χ0) is 13.0. The van der Waals surface area contributed by atoms with Crippen LogP contribution < -0.4 is 4.90 Å². The van der Waals surface area contributed by atoms with Gasteiger partial charge in [-0.05, 0) is 37.0 Å². The van der Waals surface area contributed by atoms with E-state index in [1.165, 1.54) is 49.8 Å². The second-order valence-electron chi connectivity index (χ2n) is 5.54. The molecule has 2 rings (SSSR count). The van der Waals surface area contributed by atoms with Crippen molar-refractivity contribution in [2.45, 2.75) is 58.1 Å². The third-order valence-corrected chi connectivity index (χ3v) is 4.20. The molecule has 0 atom stereocenters. The second-order valence-corrected chi connectivity index (χ2v) is 5.54. The number of nitrogens with zero attached hydrogens (tertiary/aromatic N) is 1. The number of hydrogen-bond acceptors (Lipinski definition) is 2. The molecule has 100 valence electrons. The molecule has 0 heterocycles. The number of aliphatic hydroxyl groups excluding tert-OH is 1. The maximum atomic E-state index is 9.16. The predicted molar refractivity (Wildman–Crippen MR) is 77.0 cm³/mol. The topological polar surface area (TPSA) is 23.5 Å². The summed E-state index contributed by atoms with van der Waals surface area (Å²) in [5.41, 5.74) is 3.60. The molecule has 2 nitrogen and oxygen atoms in total. The van der Waals surface area contributed by atoms with E-state index in [0.717, 1.165) is 5.56 Å². The maximum absolute atomic E-state index is 9.16. The van der Waals surface area contributed by atoms with Crippen molar-refractivity contribution in [1.82, 2.24) is 0 Å². The largest absolute Gasteiger partial charge is 0.392 e. The molecule has 1 N–H and O–H groups in total. The van der Waals surface area contributed by atoms with Crippen LogP contribution in [0.25, 0.3) is 0 Å². The van der Waals surface area contributed by atoms with Gasteiger partial charge in [0.25, 0.3) is 0 Å². The fraction of sp³-hybridized carbons (Fsp3) is 0.625. The third-order valence-electron chi connectivity index (χ3n) is 4.20. The molecule has 1 fully saturated rings. The minimum atomic E-state index is 0.133. The van der Waals surface area contributed by atoms with Crippen LogP contribution in [0.3, 0.4) is 0 Å². The SMILES string of the molecule is Cc1cc(CO)ccc1N(C)C1CCCCCC1. The van der Waals surface area contributed by atoms with Gasteiger partial charge in [0.05, 0.1) is 6.61 Å². The van der Waals surface area contributed by atoms with E-state index in [-0.39, 0.29) is 6.61 Å². The summed E-state index contributed by atoms with van der Waals surface area (Å²) in [5, 5.41) is 9.16. The molecule has 0 spiro atoms. The summed E-state index contributed by atoms with van der Waals surface area (Å²) in [5.74, 6) is 0. The number of aliphatic hydroxyl groups is 1.